The molecule has 0 N–H and O–H groups in total. The van der Waals surface area contributed by atoms with Gasteiger partial charge in [0.1, 0.15) is 0 Å². The van der Waals surface area contributed by atoms with Crippen LogP contribution in [-0.2, 0) is 16.4 Å². The Morgan fingerprint density at radius 3 is 2.47 bits per heavy atom. The molecule has 0 aliphatic carbocycles. The molecular weight excluding hydrogens is 214 g/mol. The Morgan fingerprint density at radius 2 is 1.93 bits per heavy atom. The lowest BCUT2D eigenvalue weighted by Crippen LogP contribution is -2.04. The molecule has 0 fully saturated rings. The Kier molecular flexibility index (Phi) is 3.71. The second-order valence-electron chi connectivity index (χ2n) is 3.19. The van der Waals surface area contributed by atoms with Crippen LogP contribution in [0.5, 0.6) is 0 Å². The van der Waals surface area contributed by atoms with Crippen molar-refractivity contribution < 1.29 is 8.42 Å². The van der Waals surface area contributed by atoms with Crippen molar-refractivity contribution in [2.45, 2.75) is 13.3 Å². The minimum Gasteiger partial charge on any atom is -0.221 e. The van der Waals surface area contributed by atoms with E-state index in [1.807, 2.05) is 31.2 Å². The monoisotopic (exact) mass is 225 g/mol. The van der Waals surface area contributed by atoms with Crippen molar-refractivity contribution in [1.82, 2.24) is 0 Å². The quantitative estimate of drug-likeness (QED) is 0.447. The third-order valence-electron chi connectivity index (χ3n) is 1.93. The lowest BCUT2D eigenvalue weighted by Gasteiger charge is -1.99. The van der Waals surface area contributed by atoms with Crippen LogP contribution in [-0.4, -0.2) is 14.2 Å². The van der Waals surface area contributed by atoms with Gasteiger partial charge in [-0.1, -0.05) is 29.8 Å². The number of hydrogen-bond acceptors (Lipinski definition) is 2. The van der Waals surface area contributed by atoms with E-state index in [2.05, 4.69) is 9.43 Å². The Hall–Kier alpha value is -1.52. The standard InChI is InChI=1S/C9H11N3O2S/c1-8-2-4-9(5-3-8)6-7-15(13,14)12-11-10/h2-5H,6-7H2,1H3. The molecule has 80 valence electrons. The molecule has 15 heavy (non-hydrogen) atoms. The van der Waals surface area contributed by atoms with E-state index in [1.165, 1.54) is 0 Å². The summed E-state index contributed by atoms with van der Waals surface area (Å²) in [6.45, 7) is 1.96. The van der Waals surface area contributed by atoms with Crippen LogP contribution in [0.1, 0.15) is 11.1 Å². The van der Waals surface area contributed by atoms with Crippen molar-refractivity contribution in [2.75, 3.05) is 5.75 Å². The first-order chi connectivity index (χ1) is 7.03. The average Bonchev–Trinajstić information content (AvgIpc) is 2.17. The topological polar surface area (TPSA) is 82.9 Å². The van der Waals surface area contributed by atoms with Gasteiger partial charge in [-0.3, -0.25) is 0 Å². The Labute approximate surface area is 88.4 Å². The fourth-order valence-corrected chi connectivity index (χ4v) is 1.78. The third-order valence-corrected chi connectivity index (χ3v) is 2.97. The van der Waals surface area contributed by atoms with E-state index in [0.717, 1.165) is 11.1 Å². The smallest absolute Gasteiger partial charge is 0.221 e. The molecule has 0 aliphatic rings. The molecule has 1 aromatic carbocycles. The zero-order valence-electron chi connectivity index (χ0n) is 8.29. The highest BCUT2D eigenvalue weighted by atomic mass is 32.2. The predicted molar refractivity (Wildman–Crippen MR) is 57.8 cm³/mol. The first kappa shape index (κ1) is 11.6. The summed E-state index contributed by atoms with van der Waals surface area (Å²) in [7, 11) is -3.63. The number of hydrogen-bond donors (Lipinski definition) is 0. The van der Waals surface area contributed by atoms with E-state index in [-0.39, 0.29) is 5.75 Å². The summed E-state index contributed by atoms with van der Waals surface area (Å²) >= 11 is 0. The summed E-state index contributed by atoms with van der Waals surface area (Å²) in [5, 5.41) is 0. The van der Waals surface area contributed by atoms with Crippen molar-refractivity contribution in [1.29, 1.82) is 0 Å². The highest BCUT2D eigenvalue weighted by Crippen LogP contribution is 2.06. The Morgan fingerprint density at radius 1 is 1.33 bits per heavy atom. The molecule has 1 aromatic rings. The summed E-state index contributed by atoms with van der Waals surface area (Å²) in [4.78, 5) is 2.27. The minimum atomic E-state index is -3.63. The van der Waals surface area contributed by atoms with Gasteiger partial charge in [0.05, 0.1) is 5.75 Å². The second-order valence-corrected chi connectivity index (χ2v) is 4.93. The number of nitrogens with zero attached hydrogens (tertiary/aromatic N) is 3. The summed E-state index contributed by atoms with van der Waals surface area (Å²) < 4.78 is 24.8. The van der Waals surface area contributed by atoms with Crippen molar-refractivity contribution >= 4 is 10.0 Å². The van der Waals surface area contributed by atoms with Gasteiger partial charge in [-0.15, -0.1) is 0 Å². The molecule has 6 heteroatoms. The lowest BCUT2D eigenvalue weighted by atomic mass is 10.1. The third kappa shape index (κ3) is 4.01. The molecule has 0 radical (unpaired) electrons. The Bertz CT molecular complexity index is 473. The number of sulfonamides is 1. The van der Waals surface area contributed by atoms with Gasteiger partial charge in [-0.25, -0.2) is 8.42 Å². The molecule has 5 nitrogen and oxygen atoms in total. The molecule has 0 aromatic heterocycles. The largest absolute Gasteiger partial charge is 0.235 e. The van der Waals surface area contributed by atoms with Crippen LogP contribution >= 0.6 is 0 Å². The molecule has 0 unspecified atom stereocenters. The fraction of sp³-hybridized carbons (Fsp3) is 0.333. The number of rotatable bonds is 4. The summed E-state index contributed by atoms with van der Waals surface area (Å²) in [6, 6.07) is 7.55. The van der Waals surface area contributed by atoms with Gasteiger partial charge >= 0.3 is 0 Å². The van der Waals surface area contributed by atoms with Gasteiger partial charge in [0.2, 0.25) is 10.0 Å². The maximum Gasteiger partial charge on any atom is 0.235 e. The van der Waals surface area contributed by atoms with Gasteiger partial charge in [-0.05, 0) is 24.4 Å². The van der Waals surface area contributed by atoms with Crippen molar-refractivity contribution in [3.05, 3.63) is 45.8 Å². The maximum atomic E-state index is 11.1. The number of azide groups is 1. The first-order valence-electron chi connectivity index (χ1n) is 4.38. The molecule has 0 aliphatic heterocycles. The van der Waals surface area contributed by atoms with Crippen LogP contribution in [0, 0.1) is 6.92 Å². The highest BCUT2D eigenvalue weighted by Gasteiger charge is 2.07. The number of benzene rings is 1. The van der Waals surface area contributed by atoms with E-state index in [0.29, 0.717) is 6.42 Å². The maximum absolute atomic E-state index is 11.1. The van der Waals surface area contributed by atoms with Crippen molar-refractivity contribution in [3.63, 3.8) is 0 Å². The summed E-state index contributed by atoms with van der Waals surface area (Å²) in [5.74, 6) is -0.153. The molecule has 0 heterocycles. The van der Waals surface area contributed by atoms with Gasteiger partial charge in [0.25, 0.3) is 0 Å². The zero-order chi connectivity index (χ0) is 11.3. The van der Waals surface area contributed by atoms with Crippen molar-refractivity contribution in [3.8, 4) is 0 Å². The predicted octanol–water partition coefficient (Wildman–Crippen LogP) is 2.18. The normalized spacial score (nSPS) is 10.7. The molecule has 0 atom stereocenters. The van der Waals surface area contributed by atoms with Gasteiger partial charge < -0.3 is 0 Å². The van der Waals surface area contributed by atoms with Gasteiger partial charge in [-0.2, -0.15) is 0 Å². The van der Waals surface area contributed by atoms with E-state index in [4.69, 9.17) is 5.53 Å². The van der Waals surface area contributed by atoms with E-state index < -0.39 is 10.0 Å². The lowest BCUT2D eigenvalue weighted by molar-refractivity contribution is 0.596. The SMILES string of the molecule is Cc1ccc(CCS(=O)(=O)N=[N+]=[N-])cc1. The van der Waals surface area contributed by atoms with Gasteiger partial charge in [0, 0.05) is 9.43 Å². The Balaban J connectivity index is 2.65. The molecule has 0 saturated heterocycles. The molecule has 0 spiro atoms. The van der Waals surface area contributed by atoms with E-state index >= 15 is 0 Å². The zero-order valence-corrected chi connectivity index (χ0v) is 9.11. The molecular formula is C9H11N3O2S. The molecule has 1 rings (SSSR count). The minimum absolute atomic E-state index is 0.153. The van der Waals surface area contributed by atoms with Crippen LogP contribution < -0.4 is 0 Å². The van der Waals surface area contributed by atoms with Crippen molar-refractivity contribution in [2.24, 2.45) is 4.52 Å². The highest BCUT2D eigenvalue weighted by molar-refractivity contribution is 7.89. The van der Waals surface area contributed by atoms with E-state index in [1.54, 1.807) is 0 Å². The van der Waals surface area contributed by atoms with Crippen LogP contribution in [0.3, 0.4) is 0 Å². The van der Waals surface area contributed by atoms with Crippen LogP contribution in [0.2, 0.25) is 0 Å². The number of aryl methyl sites for hydroxylation is 2. The van der Waals surface area contributed by atoms with Crippen LogP contribution in [0.25, 0.3) is 10.4 Å². The second kappa shape index (κ2) is 4.82. The molecule has 0 bridgehead atoms. The first-order valence-corrected chi connectivity index (χ1v) is 5.99. The average molecular weight is 225 g/mol. The van der Waals surface area contributed by atoms with E-state index in [9.17, 15) is 8.42 Å². The van der Waals surface area contributed by atoms with Crippen LogP contribution in [0.15, 0.2) is 28.8 Å². The molecule has 0 saturated carbocycles. The molecule has 0 amide bonds. The fourth-order valence-electron chi connectivity index (χ4n) is 1.10. The summed E-state index contributed by atoms with van der Waals surface area (Å²) in [6.07, 6.45) is 0.363. The summed E-state index contributed by atoms with van der Waals surface area (Å²) in [5.41, 5.74) is 10.1. The van der Waals surface area contributed by atoms with Gasteiger partial charge in [0.15, 0.2) is 0 Å². The van der Waals surface area contributed by atoms with Crippen LogP contribution in [0.4, 0.5) is 0 Å².